The van der Waals surface area contributed by atoms with Crippen molar-refractivity contribution in [3.63, 3.8) is 0 Å². The van der Waals surface area contributed by atoms with E-state index in [4.69, 9.17) is 5.26 Å². The van der Waals surface area contributed by atoms with Crippen LogP contribution in [0.1, 0.15) is 50.3 Å². The lowest BCUT2D eigenvalue weighted by atomic mass is 9.91. The van der Waals surface area contributed by atoms with Crippen LogP contribution in [-0.4, -0.2) is 9.55 Å². The number of hydrogen-bond acceptors (Lipinski definition) is 2. The van der Waals surface area contributed by atoms with E-state index >= 15 is 0 Å². The number of fused-ring (bicyclic) bond motifs is 1. The van der Waals surface area contributed by atoms with Gasteiger partial charge in [0.1, 0.15) is 5.82 Å². The first-order valence-corrected chi connectivity index (χ1v) is 6.49. The van der Waals surface area contributed by atoms with Gasteiger partial charge in [-0.15, -0.1) is 0 Å². The number of imidazole rings is 1. The van der Waals surface area contributed by atoms with E-state index < -0.39 is 0 Å². The molecule has 3 heteroatoms. The maximum Gasteiger partial charge on any atom is 0.106 e. The van der Waals surface area contributed by atoms with Crippen molar-refractivity contribution in [1.29, 1.82) is 5.26 Å². The van der Waals surface area contributed by atoms with Crippen LogP contribution in [0.5, 0.6) is 0 Å². The second-order valence-electron chi connectivity index (χ2n) is 5.66. The topological polar surface area (TPSA) is 41.6 Å². The van der Waals surface area contributed by atoms with Crippen LogP contribution in [0.15, 0.2) is 0 Å². The van der Waals surface area contributed by atoms with Crippen molar-refractivity contribution in [3.05, 3.63) is 17.2 Å². The van der Waals surface area contributed by atoms with E-state index in [0.717, 1.165) is 31.6 Å². The normalized spacial score (nSPS) is 15.4. The average molecular weight is 231 g/mol. The average Bonchev–Trinajstić information content (AvgIpc) is 2.62. The second-order valence-corrected chi connectivity index (χ2v) is 5.66. The molecule has 0 saturated carbocycles. The van der Waals surface area contributed by atoms with E-state index in [2.05, 4.69) is 22.5 Å². The van der Waals surface area contributed by atoms with Gasteiger partial charge < -0.3 is 4.57 Å². The third-order valence-corrected chi connectivity index (χ3v) is 3.69. The molecular weight excluding hydrogens is 210 g/mol. The van der Waals surface area contributed by atoms with Gasteiger partial charge in [0, 0.05) is 12.2 Å². The minimum absolute atomic E-state index is 0.238. The van der Waals surface area contributed by atoms with Crippen molar-refractivity contribution in [2.75, 3.05) is 0 Å². The van der Waals surface area contributed by atoms with Crippen LogP contribution in [0.25, 0.3) is 0 Å². The number of nitriles is 1. The van der Waals surface area contributed by atoms with Gasteiger partial charge in [-0.1, -0.05) is 0 Å². The molecule has 0 unspecified atom stereocenters. The van der Waals surface area contributed by atoms with Crippen LogP contribution in [0.3, 0.4) is 0 Å². The molecule has 92 valence electrons. The van der Waals surface area contributed by atoms with Crippen molar-refractivity contribution < 1.29 is 0 Å². The first-order valence-electron chi connectivity index (χ1n) is 6.49. The lowest BCUT2D eigenvalue weighted by Crippen LogP contribution is -2.15. The molecule has 0 amide bonds. The van der Waals surface area contributed by atoms with E-state index in [-0.39, 0.29) is 5.41 Å². The quantitative estimate of drug-likeness (QED) is 0.802. The molecule has 0 bridgehead atoms. The third-order valence-electron chi connectivity index (χ3n) is 3.69. The van der Waals surface area contributed by atoms with Crippen molar-refractivity contribution >= 4 is 0 Å². The maximum absolute atomic E-state index is 9.06. The molecule has 0 aromatic carbocycles. The number of aromatic nitrogens is 2. The molecule has 0 radical (unpaired) electrons. The summed E-state index contributed by atoms with van der Waals surface area (Å²) in [6, 6.07) is 2.37. The number of hydrogen-bond donors (Lipinski definition) is 0. The fourth-order valence-corrected chi connectivity index (χ4v) is 2.48. The Morgan fingerprint density at radius 2 is 2.06 bits per heavy atom. The van der Waals surface area contributed by atoms with Crippen molar-refractivity contribution in [1.82, 2.24) is 9.55 Å². The molecular formula is C14H21N3. The molecule has 1 aromatic heterocycles. The monoisotopic (exact) mass is 231 g/mol. The highest BCUT2D eigenvalue weighted by Crippen LogP contribution is 2.25. The molecule has 0 N–H and O–H groups in total. The van der Waals surface area contributed by atoms with Crippen molar-refractivity contribution in [2.24, 2.45) is 5.41 Å². The highest BCUT2D eigenvalue weighted by Gasteiger charge is 2.21. The number of aryl methyl sites for hydroxylation is 2. The summed E-state index contributed by atoms with van der Waals surface area (Å²) in [5.41, 5.74) is 2.48. The van der Waals surface area contributed by atoms with Crippen LogP contribution in [-0.2, 0) is 19.4 Å². The molecule has 0 atom stereocenters. The lowest BCUT2D eigenvalue weighted by Gasteiger charge is -2.19. The minimum Gasteiger partial charge on any atom is -0.332 e. The smallest absolute Gasteiger partial charge is 0.106 e. The Morgan fingerprint density at radius 3 is 2.76 bits per heavy atom. The van der Waals surface area contributed by atoms with Crippen LogP contribution in [0, 0.1) is 23.7 Å². The number of nitrogens with zero attached hydrogens (tertiary/aromatic N) is 3. The molecule has 2 rings (SSSR count). The Balaban J connectivity index is 2.16. The molecule has 1 aromatic rings. The summed E-state index contributed by atoms with van der Waals surface area (Å²) in [7, 11) is 0. The van der Waals surface area contributed by atoms with Gasteiger partial charge in [0.15, 0.2) is 0 Å². The summed E-state index contributed by atoms with van der Waals surface area (Å²) in [4.78, 5) is 4.66. The molecule has 0 saturated heterocycles. The van der Waals surface area contributed by atoms with Gasteiger partial charge in [-0.2, -0.15) is 5.26 Å². The van der Waals surface area contributed by atoms with Gasteiger partial charge >= 0.3 is 0 Å². The molecule has 1 aliphatic rings. The summed E-state index contributed by atoms with van der Waals surface area (Å²) >= 11 is 0. The maximum atomic E-state index is 9.06. The summed E-state index contributed by atoms with van der Waals surface area (Å²) in [5, 5.41) is 9.06. The van der Waals surface area contributed by atoms with Crippen molar-refractivity contribution in [2.45, 2.75) is 59.4 Å². The summed E-state index contributed by atoms with van der Waals surface area (Å²) in [6.45, 7) is 7.02. The van der Waals surface area contributed by atoms with E-state index in [9.17, 15) is 0 Å². The molecule has 0 aliphatic heterocycles. The number of rotatable bonds is 3. The molecule has 0 fully saturated rings. The highest BCUT2D eigenvalue weighted by molar-refractivity contribution is 5.20. The zero-order valence-electron chi connectivity index (χ0n) is 11.1. The largest absolute Gasteiger partial charge is 0.332 e. The fourth-order valence-electron chi connectivity index (χ4n) is 2.48. The van der Waals surface area contributed by atoms with Gasteiger partial charge in [0.05, 0.1) is 17.2 Å². The van der Waals surface area contributed by atoms with Crippen LogP contribution in [0.2, 0.25) is 0 Å². The highest BCUT2D eigenvalue weighted by atomic mass is 15.1. The molecule has 0 spiro atoms. The van der Waals surface area contributed by atoms with Crippen LogP contribution < -0.4 is 0 Å². The van der Waals surface area contributed by atoms with Gasteiger partial charge in [-0.25, -0.2) is 4.98 Å². The molecule has 1 aliphatic carbocycles. The van der Waals surface area contributed by atoms with Gasteiger partial charge in [0.2, 0.25) is 0 Å². The molecule has 3 nitrogen and oxygen atoms in total. The summed E-state index contributed by atoms with van der Waals surface area (Å²) < 4.78 is 2.33. The standard InChI is InChI=1S/C14H21N3/c1-11-16-12-6-4-5-7-13(12)17(11)9-8-14(2,3)10-15/h4-9H2,1-3H3. The van der Waals surface area contributed by atoms with Gasteiger partial charge in [0.25, 0.3) is 0 Å². The fraction of sp³-hybridized carbons (Fsp3) is 0.714. The Hall–Kier alpha value is -1.30. The lowest BCUT2D eigenvalue weighted by molar-refractivity contribution is 0.404. The second kappa shape index (κ2) is 4.52. The predicted molar refractivity (Wildman–Crippen MR) is 67.6 cm³/mol. The van der Waals surface area contributed by atoms with Crippen LogP contribution >= 0.6 is 0 Å². The Kier molecular flexibility index (Phi) is 3.24. The Bertz CT molecular complexity index is 449. The first-order chi connectivity index (χ1) is 8.03. The SMILES string of the molecule is Cc1nc2c(n1CCC(C)(C)C#N)CCCC2. The summed E-state index contributed by atoms with van der Waals surface area (Å²) in [5.74, 6) is 1.12. The summed E-state index contributed by atoms with van der Waals surface area (Å²) in [6.07, 6.45) is 5.73. The van der Waals surface area contributed by atoms with E-state index in [1.54, 1.807) is 0 Å². The van der Waals surface area contributed by atoms with Crippen LogP contribution in [0.4, 0.5) is 0 Å². The Morgan fingerprint density at radius 1 is 1.35 bits per heavy atom. The third kappa shape index (κ3) is 2.52. The zero-order valence-corrected chi connectivity index (χ0v) is 11.1. The van der Waals surface area contributed by atoms with Crippen molar-refractivity contribution in [3.8, 4) is 6.07 Å². The Labute approximate surface area is 103 Å². The van der Waals surface area contributed by atoms with E-state index in [1.165, 1.54) is 24.2 Å². The van der Waals surface area contributed by atoms with E-state index in [0.29, 0.717) is 0 Å². The predicted octanol–water partition coefficient (Wildman–Crippen LogP) is 3.01. The first kappa shape index (κ1) is 12.2. The molecule has 1 heterocycles. The van der Waals surface area contributed by atoms with Gasteiger partial charge in [-0.05, 0) is 52.9 Å². The molecule has 17 heavy (non-hydrogen) atoms. The van der Waals surface area contributed by atoms with Gasteiger partial charge in [-0.3, -0.25) is 0 Å². The zero-order chi connectivity index (χ0) is 12.5. The van der Waals surface area contributed by atoms with E-state index in [1.807, 2.05) is 13.8 Å². The minimum atomic E-state index is -0.238.